The first-order valence-electron chi connectivity index (χ1n) is 4.80. The Bertz CT molecular complexity index is 405. The average molecular weight is 201 g/mol. The second kappa shape index (κ2) is 3.69. The Labute approximate surface area is 88.0 Å². The highest BCUT2D eigenvalue weighted by Crippen LogP contribution is 2.22. The summed E-state index contributed by atoms with van der Waals surface area (Å²) >= 11 is 0. The maximum absolute atomic E-state index is 11.4. The van der Waals surface area contributed by atoms with Gasteiger partial charge in [0.2, 0.25) is 0 Å². The lowest BCUT2D eigenvalue weighted by atomic mass is 10.1. The molecule has 15 heavy (non-hydrogen) atoms. The molecule has 1 aromatic rings. The summed E-state index contributed by atoms with van der Waals surface area (Å²) in [6.07, 6.45) is 2.61. The Morgan fingerprint density at radius 2 is 1.53 bits per heavy atom. The molecule has 0 radical (unpaired) electrons. The van der Waals surface area contributed by atoms with Crippen LogP contribution in [-0.2, 0) is 9.59 Å². The van der Waals surface area contributed by atoms with Gasteiger partial charge in [0.25, 0.3) is 11.8 Å². The molecule has 1 aliphatic heterocycles. The lowest BCUT2D eigenvalue weighted by molar-refractivity contribution is -0.139. The van der Waals surface area contributed by atoms with Crippen molar-refractivity contribution in [1.82, 2.24) is 4.90 Å². The van der Waals surface area contributed by atoms with E-state index in [4.69, 9.17) is 0 Å². The topological polar surface area (TPSA) is 37.4 Å². The predicted molar refractivity (Wildman–Crippen MR) is 55.9 cm³/mol. The number of rotatable bonds is 2. The third-order valence-electron chi connectivity index (χ3n) is 2.51. The molecule has 0 saturated heterocycles. The summed E-state index contributed by atoms with van der Waals surface area (Å²) in [5, 5.41) is 0. The van der Waals surface area contributed by atoms with Crippen molar-refractivity contribution >= 4 is 11.8 Å². The van der Waals surface area contributed by atoms with Gasteiger partial charge in [0, 0.05) is 12.2 Å². The molecule has 76 valence electrons. The largest absolute Gasteiger partial charge is 0.269 e. The number of nitrogens with zero attached hydrogens (tertiary/aromatic N) is 1. The molecular formula is C12H11NO2. The highest BCUT2D eigenvalue weighted by atomic mass is 16.2. The number of amides is 2. The Hall–Kier alpha value is -1.90. The summed E-state index contributed by atoms with van der Waals surface area (Å²) in [5.74, 6) is -0.479. The van der Waals surface area contributed by atoms with Crippen molar-refractivity contribution in [2.24, 2.45) is 0 Å². The number of carbonyl (C=O) groups is 2. The molecule has 0 N–H and O–H groups in total. The molecule has 0 spiro atoms. The summed E-state index contributed by atoms with van der Waals surface area (Å²) in [5.41, 5.74) is 0.961. The van der Waals surface area contributed by atoms with E-state index in [1.807, 2.05) is 37.3 Å². The lowest BCUT2D eigenvalue weighted by Gasteiger charge is -2.22. The van der Waals surface area contributed by atoms with Gasteiger partial charge in [0.05, 0.1) is 6.04 Å². The van der Waals surface area contributed by atoms with Gasteiger partial charge in [-0.1, -0.05) is 30.3 Å². The van der Waals surface area contributed by atoms with Crippen LogP contribution in [0.3, 0.4) is 0 Å². The molecule has 0 unspecified atom stereocenters. The third-order valence-corrected chi connectivity index (χ3v) is 2.51. The van der Waals surface area contributed by atoms with Gasteiger partial charge in [-0.05, 0) is 12.5 Å². The van der Waals surface area contributed by atoms with Crippen molar-refractivity contribution in [3.63, 3.8) is 0 Å². The van der Waals surface area contributed by atoms with E-state index in [0.717, 1.165) is 5.56 Å². The van der Waals surface area contributed by atoms with Crippen LogP contribution < -0.4 is 0 Å². The summed E-state index contributed by atoms with van der Waals surface area (Å²) in [6.45, 7) is 1.85. The second-order valence-corrected chi connectivity index (χ2v) is 3.47. The van der Waals surface area contributed by atoms with Crippen molar-refractivity contribution in [3.8, 4) is 0 Å². The van der Waals surface area contributed by atoms with Crippen molar-refractivity contribution in [1.29, 1.82) is 0 Å². The van der Waals surface area contributed by atoms with Gasteiger partial charge in [0.15, 0.2) is 0 Å². The monoisotopic (exact) mass is 201 g/mol. The number of benzene rings is 1. The zero-order chi connectivity index (χ0) is 10.8. The van der Waals surface area contributed by atoms with Crippen LogP contribution in [0.25, 0.3) is 0 Å². The fourth-order valence-electron chi connectivity index (χ4n) is 1.67. The molecule has 2 amide bonds. The van der Waals surface area contributed by atoms with Crippen LogP contribution in [0.4, 0.5) is 0 Å². The van der Waals surface area contributed by atoms with E-state index in [2.05, 4.69) is 0 Å². The van der Waals surface area contributed by atoms with Gasteiger partial charge >= 0.3 is 0 Å². The molecule has 0 fully saturated rings. The van der Waals surface area contributed by atoms with Crippen LogP contribution >= 0.6 is 0 Å². The molecule has 1 atom stereocenters. The number of hydrogen-bond acceptors (Lipinski definition) is 2. The van der Waals surface area contributed by atoms with Gasteiger partial charge in [0.1, 0.15) is 0 Å². The number of carbonyl (C=O) groups excluding carboxylic acids is 2. The summed E-state index contributed by atoms with van der Waals surface area (Å²) in [6, 6.07) is 9.30. The smallest absolute Gasteiger partial charge is 0.254 e. The molecular weight excluding hydrogens is 190 g/mol. The first-order chi connectivity index (χ1) is 7.20. The standard InChI is InChI=1S/C12H11NO2/c1-9(10-5-3-2-4-6-10)13-11(14)7-8-12(13)15/h2-9H,1H3/t9-/m1/s1. The van der Waals surface area contributed by atoms with Gasteiger partial charge in [-0.15, -0.1) is 0 Å². The van der Waals surface area contributed by atoms with Crippen LogP contribution in [-0.4, -0.2) is 16.7 Å². The fraction of sp³-hybridized carbons (Fsp3) is 0.167. The Kier molecular flexibility index (Phi) is 2.37. The molecule has 0 saturated carbocycles. The van der Waals surface area contributed by atoms with Crippen LogP contribution in [0.15, 0.2) is 42.5 Å². The van der Waals surface area contributed by atoms with E-state index < -0.39 is 0 Å². The van der Waals surface area contributed by atoms with E-state index in [1.54, 1.807) is 0 Å². The molecule has 1 aliphatic rings. The SMILES string of the molecule is C[C@H](c1ccccc1)N1C(=O)C=CC1=O. The normalized spacial score (nSPS) is 17.3. The minimum absolute atomic E-state index is 0.207. The van der Waals surface area contributed by atoms with E-state index in [1.165, 1.54) is 17.1 Å². The zero-order valence-corrected chi connectivity index (χ0v) is 8.38. The van der Waals surface area contributed by atoms with Gasteiger partial charge in [-0.25, -0.2) is 0 Å². The number of imide groups is 1. The van der Waals surface area contributed by atoms with Crippen molar-refractivity contribution in [2.45, 2.75) is 13.0 Å². The van der Waals surface area contributed by atoms with E-state index in [-0.39, 0.29) is 17.9 Å². The van der Waals surface area contributed by atoms with Crippen molar-refractivity contribution in [3.05, 3.63) is 48.0 Å². The summed E-state index contributed by atoms with van der Waals surface area (Å²) in [4.78, 5) is 24.1. The minimum atomic E-state index is -0.239. The maximum Gasteiger partial charge on any atom is 0.254 e. The highest BCUT2D eigenvalue weighted by molar-refractivity contribution is 6.13. The van der Waals surface area contributed by atoms with Gasteiger partial charge < -0.3 is 0 Å². The fourth-order valence-corrected chi connectivity index (χ4v) is 1.67. The maximum atomic E-state index is 11.4. The molecule has 0 aliphatic carbocycles. The van der Waals surface area contributed by atoms with Crippen LogP contribution in [0.2, 0.25) is 0 Å². The van der Waals surface area contributed by atoms with Crippen LogP contribution in [0.5, 0.6) is 0 Å². The van der Waals surface area contributed by atoms with Gasteiger partial charge in [-0.3, -0.25) is 14.5 Å². The summed E-state index contributed by atoms with van der Waals surface area (Å²) < 4.78 is 0. The molecule has 0 aromatic heterocycles. The molecule has 1 aromatic carbocycles. The van der Waals surface area contributed by atoms with Gasteiger partial charge in [-0.2, -0.15) is 0 Å². The van der Waals surface area contributed by atoms with Crippen LogP contribution in [0, 0.1) is 0 Å². The number of hydrogen-bond donors (Lipinski definition) is 0. The van der Waals surface area contributed by atoms with E-state index >= 15 is 0 Å². The van der Waals surface area contributed by atoms with Crippen molar-refractivity contribution in [2.75, 3.05) is 0 Å². The summed E-state index contributed by atoms with van der Waals surface area (Å²) in [7, 11) is 0. The predicted octanol–water partition coefficient (Wildman–Crippen LogP) is 1.67. The van der Waals surface area contributed by atoms with E-state index in [9.17, 15) is 9.59 Å². The molecule has 0 bridgehead atoms. The lowest BCUT2D eigenvalue weighted by Crippen LogP contribution is -2.32. The van der Waals surface area contributed by atoms with E-state index in [0.29, 0.717) is 0 Å². The zero-order valence-electron chi connectivity index (χ0n) is 8.38. The second-order valence-electron chi connectivity index (χ2n) is 3.47. The first-order valence-corrected chi connectivity index (χ1v) is 4.80. The third kappa shape index (κ3) is 1.68. The minimum Gasteiger partial charge on any atom is -0.269 e. The quantitative estimate of drug-likeness (QED) is 0.682. The van der Waals surface area contributed by atoms with Crippen LogP contribution in [0.1, 0.15) is 18.5 Å². The molecule has 3 heteroatoms. The molecule has 3 nitrogen and oxygen atoms in total. The Balaban J connectivity index is 2.26. The Morgan fingerprint density at radius 1 is 1.00 bits per heavy atom. The average Bonchev–Trinajstić information content (AvgIpc) is 2.59. The highest BCUT2D eigenvalue weighted by Gasteiger charge is 2.28. The Morgan fingerprint density at radius 3 is 2.07 bits per heavy atom. The molecule has 1 heterocycles. The molecule has 2 rings (SSSR count). The van der Waals surface area contributed by atoms with Crippen molar-refractivity contribution < 1.29 is 9.59 Å². The first kappa shape index (κ1) is 9.65.